The Morgan fingerprint density at radius 2 is 1.42 bits per heavy atom. The van der Waals surface area contributed by atoms with E-state index in [0.717, 1.165) is 33.5 Å². The van der Waals surface area contributed by atoms with E-state index in [2.05, 4.69) is 28.2 Å². The number of halogens is 1. The molecule has 0 N–H and O–H groups in total. The van der Waals surface area contributed by atoms with Gasteiger partial charge in [-0.3, -0.25) is 14.5 Å². The fraction of sp³-hybridized carbons (Fsp3) is 0.0667. The van der Waals surface area contributed by atoms with Gasteiger partial charge >= 0.3 is 0 Å². The SMILES string of the molecule is Fc1ccccc1-c1nc2ccccc2n1-c1ncccc1CC(c1cccnc1)c1cccnc1. The summed E-state index contributed by atoms with van der Waals surface area (Å²) in [5.41, 5.74) is 5.27. The number of hydrogen-bond acceptors (Lipinski definition) is 4. The van der Waals surface area contributed by atoms with Crippen LogP contribution in [0.2, 0.25) is 0 Å². The molecule has 0 saturated carbocycles. The number of hydrogen-bond donors (Lipinski definition) is 0. The Morgan fingerprint density at radius 1 is 0.722 bits per heavy atom. The summed E-state index contributed by atoms with van der Waals surface area (Å²) in [6, 6.07) is 26.6. The number of para-hydroxylation sites is 2. The molecule has 174 valence electrons. The molecule has 0 unspecified atom stereocenters. The van der Waals surface area contributed by atoms with Crippen LogP contribution in [0.5, 0.6) is 0 Å². The molecule has 0 aliphatic heterocycles. The van der Waals surface area contributed by atoms with Crippen LogP contribution in [-0.2, 0) is 6.42 Å². The molecule has 6 heteroatoms. The van der Waals surface area contributed by atoms with Gasteiger partial charge in [-0.1, -0.05) is 42.5 Å². The fourth-order valence-corrected chi connectivity index (χ4v) is 4.67. The van der Waals surface area contributed by atoms with Crippen molar-refractivity contribution in [2.75, 3.05) is 0 Å². The monoisotopic (exact) mass is 471 g/mol. The smallest absolute Gasteiger partial charge is 0.149 e. The molecule has 2 aromatic carbocycles. The van der Waals surface area contributed by atoms with Crippen LogP contribution in [0.15, 0.2) is 116 Å². The minimum absolute atomic E-state index is 0.0158. The van der Waals surface area contributed by atoms with E-state index in [0.29, 0.717) is 17.8 Å². The third kappa shape index (κ3) is 4.03. The van der Waals surface area contributed by atoms with Gasteiger partial charge in [0, 0.05) is 36.9 Å². The molecule has 6 rings (SSSR count). The van der Waals surface area contributed by atoms with Crippen molar-refractivity contribution in [2.45, 2.75) is 12.3 Å². The van der Waals surface area contributed by atoms with Gasteiger partial charge in [0.25, 0.3) is 0 Å². The van der Waals surface area contributed by atoms with Gasteiger partial charge in [0.2, 0.25) is 0 Å². The molecule has 0 radical (unpaired) electrons. The lowest BCUT2D eigenvalue weighted by molar-refractivity contribution is 0.629. The molecule has 0 atom stereocenters. The average molecular weight is 472 g/mol. The highest BCUT2D eigenvalue weighted by molar-refractivity contribution is 5.83. The summed E-state index contributed by atoms with van der Waals surface area (Å²) in [5, 5.41) is 0. The Kier molecular flexibility index (Phi) is 5.75. The number of aromatic nitrogens is 5. The van der Waals surface area contributed by atoms with Gasteiger partial charge < -0.3 is 0 Å². The molecule has 0 saturated heterocycles. The van der Waals surface area contributed by atoms with Gasteiger partial charge in [0.05, 0.1) is 16.6 Å². The molecular weight excluding hydrogens is 449 g/mol. The molecule has 6 aromatic rings. The lowest BCUT2D eigenvalue weighted by atomic mass is 9.87. The molecular formula is C30H22FN5. The van der Waals surface area contributed by atoms with Crippen molar-refractivity contribution >= 4 is 11.0 Å². The van der Waals surface area contributed by atoms with Gasteiger partial charge in [-0.25, -0.2) is 14.4 Å². The van der Waals surface area contributed by atoms with E-state index in [1.54, 1.807) is 30.7 Å². The topological polar surface area (TPSA) is 56.5 Å². The van der Waals surface area contributed by atoms with Crippen LogP contribution < -0.4 is 0 Å². The van der Waals surface area contributed by atoms with E-state index in [1.807, 2.05) is 65.5 Å². The highest BCUT2D eigenvalue weighted by Gasteiger charge is 2.22. The summed E-state index contributed by atoms with van der Waals surface area (Å²) in [6.45, 7) is 0. The largest absolute Gasteiger partial charge is 0.276 e. The number of imidazole rings is 1. The second kappa shape index (κ2) is 9.50. The molecule has 0 bridgehead atoms. The maximum absolute atomic E-state index is 15.0. The first-order valence-electron chi connectivity index (χ1n) is 11.8. The van der Waals surface area contributed by atoms with E-state index < -0.39 is 0 Å². The zero-order valence-corrected chi connectivity index (χ0v) is 19.4. The zero-order valence-electron chi connectivity index (χ0n) is 19.4. The lowest BCUT2D eigenvalue weighted by Gasteiger charge is -2.20. The van der Waals surface area contributed by atoms with Gasteiger partial charge in [0.1, 0.15) is 17.5 Å². The summed E-state index contributed by atoms with van der Waals surface area (Å²) < 4.78 is 16.9. The maximum atomic E-state index is 15.0. The van der Waals surface area contributed by atoms with Crippen LogP contribution in [0.3, 0.4) is 0 Å². The Morgan fingerprint density at radius 3 is 2.14 bits per heavy atom. The number of rotatable bonds is 6. The van der Waals surface area contributed by atoms with E-state index in [4.69, 9.17) is 9.97 Å². The van der Waals surface area contributed by atoms with E-state index in [9.17, 15) is 4.39 Å². The number of fused-ring (bicyclic) bond motifs is 1. The van der Waals surface area contributed by atoms with Crippen molar-refractivity contribution in [1.29, 1.82) is 0 Å². The Hall–Kier alpha value is -4.71. The molecule has 0 fully saturated rings. The van der Waals surface area contributed by atoms with Crippen molar-refractivity contribution in [3.63, 3.8) is 0 Å². The zero-order chi connectivity index (χ0) is 24.3. The van der Waals surface area contributed by atoms with Crippen LogP contribution in [0.1, 0.15) is 22.6 Å². The lowest BCUT2D eigenvalue weighted by Crippen LogP contribution is -2.11. The minimum Gasteiger partial charge on any atom is -0.276 e. The van der Waals surface area contributed by atoms with E-state index in [-0.39, 0.29) is 11.7 Å². The first-order valence-corrected chi connectivity index (χ1v) is 11.8. The molecule has 36 heavy (non-hydrogen) atoms. The van der Waals surface area contributed by atoms with E-state index >= 15 is 0 Å². The Balaban J connectivity index is 1.54. The second-order valence-corrected chi connectivity index (χ2v) is 8.55. The minimum atomic E-state index is -0.324. The number of nitrogens with zero attached hydrogens (tertiary/aromatic N) is 5. The van der Waals surface area contributed by atoms with Crippen LogP contribution in [0, 0.1) is 5.82 Å². The maximum Gasteiger partial charge on any atom is 0.149 e. The molecule has 0 amide bonds. The third-order valence-electron chi connectivity index (χ3n) is 6.35. The summed E-state index contributed by atoms with van der Waals surface area (Å²) in [6.07, 6.45) is 9.76. The van der Waals surface area contributed by atoms with E-state index in [1.165, 1.54) is 6.07 Å². The fourth-order valence-electron chi connectivity index (χ4n) is 4.67. The molecule has 0 aliphatic carbocycles. The summed E-state index contributed by atoms with van der Waals surface area (Å²) in [4.78, 5) is 18.3. The Labute approximate surface area is 208 Å². The second-order valence-electron chi connectivity index (χ2n) is 8.55. The molecule has 0 aliphatic rings. The average Bonchev–Trinajstić information content (AvgIpc) is 3.32. The summed E-state index contributed by atoms with van der Waals surface area (Å²) in [5.74, 6) is 0.938. The predicted octanol–water partition coefficient (Wildman–Crippen LogP) is 6.39. The van der Waals surface area contributed by atoms with Crippen molar-refractivity contribution in [2.24, 2.45) is 0 Å². The molecule has 5 nitrogen and oxygen atoms in total. The number of benzene rings is 2. The van der Waals surface area contributed by atoms with Crippen LogP contribution >= 0.6 is 0 Å². The summed E-state index contributed by atoms with van der Waals surface area (Å²) >= 11 is 0. The van der Waals surface area contributed by atoms with Gasteiger partial charge in [-0.2, -0.15) is 0 Å². The van der Waals surface area contributed by atoms with Crippen molar-refractivity contribution in [3.8, 4) is 17.2 Å². The first kappa shape index (κ1) is 21.8. The van der Waals surface area contributed by atoms with Crippen molar-refractivity contribution in [1.82, 2.24) is 24.5 Å². The standard InChI is InChI=1S/C30H22FN5/c31-26-12-2-1-11-24(26)30-35-27-13-3-4-14-28(27)36(30)29-21(8-7-17-34-29)18-25(22-9-5-15-32-19-22)23-10-6-16-33-20-23/h1-17,19-20,25H,18H2. The third-order valence-corrected chi connectivity index (χ3v) is 6.35. The number of pyridine rings is 3. The van der Waals surface area contributed by atoms with Crippen LogP contribution in [-0.4, -0.2) is 24.5 Å². The van der Waals surface area contributed by atoms with Gasteiger partial charge in [0.15, 0.2) is 0 Å². The van der Waals surface area contributed by atoms with Gasteiger partial charge in [-0.05, 0) is 65.6 Å². The Bertz CT molecular complexity index is 1590. The molecule has 4 heterocycles. The predicted molar refractivity (Wildman–Crippen MR) is 138 cm³/mol. The van der Waals surface area contributed by atoms with Crippen molar-refractivity contribution < 1.29 is 4.39 Å². The first-order chi connectivity index (χ1) is 17.8. The highest BCUT2D eigenvalue weighted by atomic mass is 19.1. The van der Waals surface area contributed by atoms with Crippen molar-refractivity contribution in [3.05, 3.63) is 138 Å². The summed E-state index contributed by atoms with van der Waals surface area (Å²) in [7, 11) is 0. The highest BCUT2D eigenvalue weighted by Crippen LogP contribution is 2.34. The van der Waals surface area contributed by atoms with Crippen LogP contribution in [0.25, 0.3) is 28.2 Å². The van der Waals surface area contributed by atoms with Gasteiger partial charge in [-0.15, -0.1) is 0 Å². The normalized spacial score (nSPS) is 11.3. The quantitative estimate of drug-likeness (QED) is 0.282. The van der Waals surface area contributed by atoms with Crippen LogP contribution in [0.4, 0.5) is 4.39 Å². The molecule has 0 spiro atoms. The molecule has 4 aromatic heterocycles.